The Morgan fingerprint density at radius 2 is 2.33 bits per heavy atom. The van der Waals surface area contributed by atoms with Crippen molar-refractivity contribution in [2.75, 3.05) is 11.9 Å². The van der Waals surface area contributed by atoms with Crippen LogP contribution in [0.3, 0.4) is 0 Å². The van der Waals surface area contributed by atoms with E-state index >= 15 is 0 Å². The van der Waals surface area contributed by atoms with E-state index in [1.54, 1.807) is 0 Å². The number of unbranched alkanes of at least 4 members (excludes halogenated alkanes) is 1. The first kappa shape index (κ1) is 9.48. The van der Waals surface area contributed by atoms with E-state index in [-0.39, 0.29) is 0 Å². The Labute approximate surface area is 63.4 Å². The Hall–Kier alpha value is 0.480. The first-order valence-electron chi connectivity index (χ1n) is 3.21. The Morgan fingerprint density at radius 3 is 2.78 bits per heavy atom. The van der Waals surface area contributed by atoms with E-state index in [2.05, 4.69) is 19.6 Å². The standard InChI is InChI=1S/C6H13OPS/c1-2-3-4-8(7)5-6-9/h5H,2-4,6H2,1H3,(H-,7,9)/p+1. The van der Waals surface area contributed by atoms with Crippen molar-refractivity contribution in [3.63, 3.8) is 0 Å². The number of thiol groups is 1. The molecule has 0 aromatic heterocycles. The second kappa shape index (κ2) is 6.60. The van der Waals surface area contributed by atoms with E-state index in [9.17, 15) is 0 Å². The minimum atomic E-state index is -0.788. The first-order chi connectivity index (χ1) is 4.31. The molecule has 0 aromatic carbocycles. The van der Waals surface area contributed by atoms with E-state index < -0.39 is 7.77 Å². The number of hydrogen-bond acceptors (Lipinski definition) is 2. The third kappa shape index (κ3) is 6.36. The van der Waals surface area contributed by atoms with Crippen molar-refractivity contribution in [3.8, 4) is 0 Å². The van der Waals surface area contributed by atoms with Crippen LogP contribution in [0.25, 0.3) is 0 Å². The maximum Gasteiger partial charge on any atom is 0.247 e. The zero-order valence-electron chi connectivity index (χ0n) is 5.75. The molecule has 0 saturated carbocycles. The molecule has 1 atom stereocenters. The second-order valence-corrected chi connectivity index (χ2v) is 3.94. The van der Waals surface area contributed by atoms with Crippen LogP contribution in [-0.4, -0.2) is 22.6 Å². The smallest absolute Gasteiger partial charge is 0.193 e. The van der Waals surface area contributed by atoms with Crippen LogP contribution < -0.4 is 0 Å². The van der Waals surface area contributed by atoms with Crippen LogP contribution in [0.5, 0.6) is 0 Å². The topological polar surface area (TPSA) is 20.2 Å². The molecule has 0 aromatic rings. The molecule has 0 amide bonds. The quantitative estimate of drug-likeness (QED) is 0.481. The van der Waals surface area contributed by atoms with Crippen LogP contribution >= 0.6 is 20.4 Å². The van der Waals surface area contributed by atoms with Crippen molar-refractivity contribution in [3.05, 3.63) is 0 Å². The summed E-state index contributed by atoms with van der Waals surface area (Å²) in [5.41, 5.74) is 0. The number of hydrogen-bond donors (Lipinski definition) is 2. The van der Waals surface area contributed by atoms with Crippen molar-refractivity contribution in [2.24, 2.45) is 0 Å². The third-order valence-electron chi connectivity index (χ3n) is 1.03. The van der Waals surface area contributed by atoms with Crippen molar-refractivity contribution >= 4 is 26.2 Å². The molecule has 1 N–H and O–H groups in total. The molecule has 0 spiro atoms. The summed E-state index contributed by atoms with van der Waals surface area (Å²) in [6.45, 7) is 2.13. The summed E-state index contributed by atoms with van der Waals surface area (Å²) in [6.07, 6.45) is 3.25. The molecular weight excluding hydrogens is 151 g/mol. The third-order valence-corrected chi connectivity index (χ3v) is 2.88. The molecule has 0 bridgehead atoms. The lowest BCUT2D eigenvalue weighted by atomic mass is 10.4. The minimum absolute atomic E-state index is 0.700. The van der Waals surface area contributed by atoms with Crippen molar-refractivity contribution in [1.82, 2.24) is 0 Å². The lowest BCUT2D eigenvalue weighted by Gasteiger charge is -1.83. The van der Waals surface area contributed by atoms with Gasteiger partial charge in [-0.15, -0.1) is 0 Å². The summed E-state index contributed by atoms with van der Waals surface area (Å²) in [7, 11) is -0.788. The molecule has 0 aliphatic heterocycles. The van der Waals surface area contributed by atoms with Gasteiger partial charge in [0.05, 0.1) is 5.75 Å². The van der Waals surface area contributed by atoms with Gasteiger partial charge in [-0.3, -0.25) is 0 Å². The Balaban J connectivity index is 3.25. The van der Waals surface area contributed by atoms with E-state index in [1.807, 2.05) is 5.80 Å². The van der Waals surface area contributed by atoms with Gasteiger partial charge in [-0.1, -0.05) is 13.3 Å². The SMILES string of the molecule is CCCC[P+](O)=CCS. The normalized spacial score (nSPS) is 12.1. The molecule has 0 saturated heterocycles. The summed E-state index contributed by atoms with van der Waals surface area (Å²) >= 11 is 3.98. The molecular formula is C6H14OPS+. The minimum Gasteiger partial charge on any atom is -0.193 e. The fraction of sp³-hybridized carbons (Fsp3) is 0.833. The molecule has 0 radical (unpaired) electrons. The molecule has 54 valence electrons. The highest BCUT2D eigenvalue weighted by atomic mass is 32.1. The van der Waals surface area contributed by atoms with Gasteiger partial charge in [-0.2, -0.15) is 17.5 Å². The zero-order valence-corrected chi connectivity index (χ0v) is 7.54. The van der Waals surface area contributed by atoms with E-state index in [1.165, 1.54) is 6.42 Å². The van der Waals surface area contributed by atoms with Gasteiger partial charge >= 0.3 is 0 Å². The second-order valence-electron chi connectivity index (χ2n) is 1.88. The summed E-state index contributed by atoms with van der Waals surface area (Å²) < 4.78 is 0. The average molecular weight is 165 g/mol. The van der Waals surface area contributed by atoms with E-state index in [0.29, 0.717) is 5.75 Å². The summed E-state index contributed by atoms with van der Waals surface area (Å²) in [6, 6.07) is 0. The van der Waals surface area contributed by atoms with E-state index in [0.717, 1.165) is 12.6 Å². The average Bonchev–Trinajstić information content (AvgIpc) is 1.85. The van der Waals surface area contributed by atoms with Gasteiger partial charge in [0.1, 0.15) is 12.0 Å². The highest BCUT2D eigenvalue weighted by molar-refractivity contribution is 7.81. The predicted octanol–water partition coefficient (Wildman–Crippen LogP) is 1.91. The molecule has 9 heavy (non-hydrogen) atoms. The highest BCUT2D eigenvalue weighted by Gasteiger charge is 2.00. The summed E-state index contributed by atoms with van der Waals surface area (Å²) in [5.74, 6) is 2.58. The molecule has 1 unspecified atom stereocenters. The van der Waals surface area contributed by atoms with Crippen molar-refractivity contribution < 1.29 is 4.89 Å². The Morgan fingerprint density at radius 1 is 1.67 bits per heavy atom. The van der Waals surface area contributed by atoms with Gasteiger partial charge < -0.3 is 0 Å². The lowest BCUT2D eigenvalue weighted by Crippen LogP contribution is -1.80. The van der Waals surface area contributed by atoms with Crippen molar-refractivity contribution in [1.29, 1.82) is 0 Å². The fourth-order valence-electron chi connectivity index (χ4n) is 0.506. The maximum absolute atomic E-state index is 9.14. The molecule has 0 aliphatic carbocycles. The molecule has 0 aliphatic rings. The van der Waals surface area contributed by atoms with Crippen LogP contribution in [0.4, 0.5) is 0 Å². The van der Waals surface area contributed by atoms with Gasteiger partial charge in [0.25, 0.3) is 0 Å². The maximum atomic E-state index is 9.14. The monoisotopic (exact) mass is 165 g/mol. The van der Waals surface area contributed by atoms with Crippen LogP contribution in [0.1, 0.15) is 19.8 Å². The summed E-state index contributed by atoms with van der Waals surface area (Å²) in [4.78, 5) is 9.14. The zero-order chi connectivity index (χ0) is 7.11. The van der Waals surface area contributed by atoms with Crippen molar-refractivity contribution in [2.45, 2.75) is 19.8 Å². The predicted molar refractivity (Wildman–Crippen MR) is 48.8 cm³/mol. The highest BCUT2D eigenvalue weighted by Crippen LogP contribution is 2.16. The van der Waals surface area contributed by atoms with Gasteiger partial charge in [-0.05, 0) is 6.42 Å². The Bertz CT molecular complexity index is 93.1. The molecule has 0 heterocycles. The largest absolute Gasteiger partial charge is 0.247 e. The van der Waals surface area contributed by atoms with Gasteiger partial charge in [0.2, 0.25) is 7.77 Å². The van der Waals surface area contributed by atoms with Crippen LogP contribution in [-0.2, 0) is 0 Å². The molecule has 3 heteroatoms. The van der Waals surface area contributed by atoms with Crippen LogP contribution in [0.15, 0.2) is 0 Å². The van der Waals surface area contributed by atoms with Gasteiger partial charge in [0, 0.05) is 0 Å². The van der Waals surface area contributed by atoms with Crippen LogP contribution in [0.2, 0.25) is 0 Å². The Kier molecular flexibility index (Phi) is 6.95. The fourth-order valence-corrected chi connectivity index (χ4v) is 2.08. The summed E-state index contributed by atoms with van der Waals surface area (Å²) in [5, 5.41) is 0. The number of rotatable bonds is 4. The van der Waals surface area contributed by atoms with E-state index in [4.69, 9.17) is 4.89 Å². The molecule has 0 rings (SSSR count). The van der Waals surface area contributed by atoms with Gasteiger partial charge in [-0.25, -0.2) is 0 Å². The first-order valence-corrected chi connectivity index (χ1v) is 5.39. The van der Waals surface area contributed by atoms with Crippen LogP contribution in [0, 0.1) is 0 Å². The van der Waals surface area contributed by atoms with Gasteiger partial charge in [0.15, 0.2) is 0 Å². The molecule has 0 fully saturated rings. The lowest BCUT2D eigenvalue weighted by molar-refractivity contribution is 0.637. The molecule has 1 nitrogen and oxygen atoms in total.